The number of hydrogen-bond donors (Lipinski definition) is 1. The Labute approximate surface area is 203 Å². The molecule has 182 valence electrons. The molecule has 0 radical (unpaired) electrons. The van der Waals surface area contributed by atoms with Crippen LogP contribution in [0.1, 0.15) is 5.56 Å². The maximum absolute atomic E-state index is 12.3. The maximum atomic E-state index is 12.3. The Morgan fingerprint density at radius 2 is 1.77 bits per heavy atom. The van der Waals surface area contributed by atoms with E-state index in [-0.39, 0.29) is 16.3 Å². The molecule has 4 aromatic rings. The first kappa shape index (κ1) is 25.7. The monoisotopic (exact) mass is 494 g/mol. The standard InChI is InChI=1S/C19H19N2O2.C7H8O4S/c1-4-9-21-10-7-14(8-11-21)17-12-15-5-6-16(20(2)3)13-18(15)23-19(17)22;1-5-2-3-6(8)4-7(5)12(9,10)11/h4-8,10-13H,1,9H2,2-3H3;2-4,8H,1H3,(H,9,10,11)/q+1;/p-1. The van der Waals surface area contributed by atoms with E-state index >= 15 is 0 Å². The molecule has 0 atom stereocenters. The van der Waals surface area contributed by atoms with Crippen molar-refractivity contribution in [1.82, 2.24) is 0 Å². The number of pyridine rings is 1. The summed E-state index contributed by atoms with van der Waals surface area (Å²) < 4.78 is 39.1. The van der Waals surface area contributed by atoms with Gasteiger partial charge in [0.1, 0.15) is 21.5 Å². The maximum Gasteiger partial charge on any atom is 0.344 e. The second kappa shape index (κ2) is 10.5. The first-order valence-corrected chi connectivity index (χ1v) is 12.0. The number of aromatic nitrogens is 1. The molecule has 2 aromatic heterocycles. The second-order valence-corrected chi connectivity index (χ2v) is 9.39. The van der Waals surface area contributed by atoms with Crippen LogP contribution < -0.4 is 15.1 Å². The summed E-state index contributed by atoms with van der Waals surface area (Å²) in [6, 6.07) is 15.2. The number of allylic oxidation sites excluding steroid dienone is 1. The molecular formula is C26H26N2O6S. The van der Waals surface area contributed by atoms with Gasteiger partial charge in [-0.3, -0.25) is 0 Å². The number of anilines is 1. The average molecular weight is 495 g/mol. The van der Waals surface area contributed by atoms with Gasteiger partial charge in [-0.05, 0) is 48.9 Å². The SMILES string of the molecule is C=CC[n+]1ccc(-c2cc3ccc(N(C)C)cc3oc2=O)cc1.Cc1ccc(O)cc1S(=O)(=O)[O-]. The Balaban J connectivity index is 0.000000241. The summed E-state index contributed by atoms with van der Waals surface area (Å²) in [6.07, 6.45) is 5.68. The number of rotatable bonds is 5. The molecule has 4 rings (SSSR count). The Kier molecular flexibility index (Phi) is 7.73. The minimum absolute atomic E-state index is 0.227. The summed E-state index contributed by atoms with van der Waals surface area (Å²) in [5, 5.41) is 9.81. The lowest BCUT2D eigenvalue weighted by Gasteiger charge is -2.12. The number of phenols is 1. The van der Waals surface area contributed by atoms with Crippen LogP contribution in [-0.2, 0) is 16.7 Å². The molecular weight excluding hydrogens is 468 g/mol. The van der Waals surface area contributed by atoms with Crippen molar-refractivity contribution in [3.8, 4) is 16.9 Å². The van der Waals surface area contributed by atoms with Gasteiger partial charge in [0.15, 0.2) is 18.9 Å². The van der Waals surface area contributed by atoms with E-state index in [1.54, 1.807) is 0 Å². The Bertz CT molecular complexity index is 1520. The molecule has 0 spiro atoms. The minimum atomic E-state index is -4.47. The zero-order chi connectivity index (χ0) is 25.8. The Morgan fingerprint density at radius 1 is 1.09 bits per heavy atom. The van der Waals surface area contributed by atoms with Gasteiger partial charge in [-0.15, -0.1) is 0 Å². The lowest BCUT2D eigenvalue weighted by molar-refractivity contribution is -0.686. The normalized spacial score (nSPS) is 11.0. The predicted octanol–water partition coefficient (Wildman–Crippen LogP) is 3.60. The number of aromatic hydroxyl groups is 1. The van der Waals surface area contributed by atoms with E-state index in [9.17, 15) is 17.8 Å². The molecule has 2 aromatic carbocycles. The summed E-state index contributed by atoms with van der Waals surface area (Å²) >= 11 is 0. The number of benzene rings is 2. The van der Waals surface area contributed by atoms with E-state index < -0.39 is 10.1 Å². The molecule has 0 bridgehead atoms. The highest BCUT2D eigenvalue weighted by Crippen LogP contribution is 2.24. The van der Waals surface area contributed by atoms with E-state index in [1.807, 2.05) is 78.4 Å². The molecule has 8 nitrogen and oxygen atoms in total. The highest BCUT2D eigenvalue weighted by molar-refractivity contribution is 7.85. The van der Waals surface area contributed by atoms with Crippen LogP contribution in [0.4, 0.5) is 5.69 Å². The van der Waals surface area contributed by atoms with Crippen LogP contribution in [0.5, 0.6) is 5.75 Å². The van der Waals surface area contributed by atoms with Crippen LogP contribution >= 0.6 is 0 Å². The number of phenolic OH excluding ortho intramolecular Hbond substituents is 1. The molecule has 0 aliphatic carbocycles. The molecule has 0 saturated carbocycles. The third-order valence-corrected chi connectivity index (χ3v) is 6.20. The van der Waals surface area contributed by atoms with Gasteiger partial charge < -0.3 is 19.0 Å². The molecule has 0 aliphatic rings. The van der Waals surface area contributed by atoms with Crippen molar-refractivity contribution in [2.45, 2.75) is 18.4 Å². The molecule has 2 heterocycles. The van der Waals surface area contributed by atoms with Crippen LogP contribution in [0.25, 0.3) is 22.1 Å². The number of fused-ring (bicyclic) bond motifs is 1. The van der Waals surface area contributed by atoms with E-state index in [1.165, 1.54) is 19.1 Å². The predicted molar refractivity (Wildman–Crippen MR) is 133 cm³/mol. The summed E-state index contributed by atoms with van der Waals surface area (Å²) in [4.78, 5) is 13.9. The first-order chi connectivity index (χ1) is 16.5. The van der Waals surface area contributed by atoms with Crippen LogP contribution in [0.3, 0.4) is 0 Å². The van der Waals surface area contributed by atoms with Crippen LogP contribution in [0.15, 0.2) is 93.8 Å². The van der Waals surface area contributed by atoms with Gasteiger partial charge in [0.25, 0.3) is 0 Å². The summed E-state index contributed by atoms with van der Waals surface area (Å²) in [7, 11) is -0.557. The van der Waals surface area contributed by atoms with Crippen LogP contribution in [0.2, 0.25) is 0 Å². The molecule has 35 heavy (non-hydrogen) atoms. The van der Waals surface area contributed by atoms with Gasteiger partial charge in [-0.2, -0.15) is 0 Å². The average Bonchev–Trinajstić information content (AvgIpc) is 2.80. The van der Waals surface area contributed by atoms with Crippen molar-refractivity contribution >= 4 is 26.8 Å². The van der Waals surface area contributed by atoms with Gasteiger partial charge in [-0.25, -0.2) is 17.8 Å². The summed E-state index contributed by atoms with van der Waals surface area (Å²) in [5.74, 6) is -0.227. The Hall–Kier alpha value is -3.95. The third-order valence-electron chi connectivity index (χ3n) is 5.22. The van der Waals surface area contributed by atoms with Crippen molar-refractivity contribution in [1.29, 1.82) is 0 Å². The number of hydrogen-bond acceptors (Lipinski definition) is 7. The van der Waals surface area contributed by atoms with Gasteiger partial charge in [-0.1, -0.05) is 12.6 Å². The lowest BCUT2D eigenvalue weighted by atomic mass is 10.1. The van der Waals surface area contributed by atoms with E-state index in [0.29, 0.717) is 16.7 Å². The lowest BCUT2D eigenvalue weighted by Crippen LogP contribution is -2.31. The first-order valence-electron chi connectivity index (χ1n) is 10.6. The molecule has 0 unspecified atom stereocenters. The zero-order valence-corrected chi connectivity index (χ0v) is 20.5. The highest BCUT2D eigenvalue weighted by Gasteiger charge is 2.10. The van der Waals surface area contributed by atoms with Crippen molar-refractivity contribution in [2.75, 3.05) is 19.0 Å². The highest BCUT2D eigenvalue weighted by atomic mass is 32.2. The smallest absolute Gasteiger partial charge is 0.344 e. The molecule has 0 saturated heterocycles. The second-order valence-electron chi connectivity index (χ2n) is 8.04. The molecule has 0 fully saturated rings. The summed E-state index contributed by atoms with van der Waals surface area (Å²) in [6.45, 7) is 5.94. The summed E-state index contributed by atoms with van der Waals surface area (Å²) in [5.41, 5.74) is 3.03. The number of aryl methyl sites for hydroxylation is 1. The topological polar surface area (TPSA) is 115 Å². The third kappa shape index (κ3) is 6.34. The van der Waals surface area contributed by atoms with Crippen LogP contribution in [0, 0.1) is 6.92 Å². The Morgan fingerprint density at radius 3 is 2.34 bits per heavy atom. The van der Waals surface area contributed by atoms with Gasteiger partial charge in [0.2, 0.25) is 0 Å². The molecule has 0 amide bonds. The number of nitrogens with zero attached hydrogens (tertiary/aromatic N) is 2. The van der Waals surface area contributed by atoms with E-state index in [4.69, 9.17) is 9.52 Å². The van der Waals surface area contributed by atoms with Crippen LogP contribution in [-0.4, -0.2) is 32.2 Å². The van der Waals surface area contributed by atoms with E-state index in [2.05, 4.69) is 6.58 Å². The van der Waals surface area contributed by atoms with Gasteiger partial charge >= 0.3 is 5.63 Å². The zero-order valence-electron chi connectivity index (χ0n) is 19.6. The van der Waals surface area contributed by atoms with E-state index in [0.717, 1.165) is 29.2 Å². The van der Waals surface area contributed by atoms with Crippen molar-refractivity contribution in [2.24, 2.45) is 0 Å². The minimum Gasteiger partial charge on any atom is -0.744 e. The van der Waals surface area contributed by atoms with Crippen molar-refractivity contribution < 1.29 is 27.1 Å². The quantitative estimate of drug-likeness (QED) is 0.195. The van der Waals surface area contributed by atoms with Crippen molar-refractivity contribution in [3.63, 3.8) is 0 Å². The molecule has 1 N–H and O–H groups in total. The fourth-order valence-corrected chi connectivity index (χ4v) is 4.07. The van der Waals surface area contributed by atoms with Gasteiger partial charge in [0, 0.05) is 48.9 Å². The molecule has 0 aliphatic heterocycles. The fraction of sp³-hybridized carbons (Fsp3) is 0.154. The fourth-order valence-electron chi connectivity index (χ4n) is 3.35. The van der Waals surface area contributed by atoms with Crippen molar-refractivity contribution in [3.05, 3.63) is 95.6 Å². The van der Waals surface area contributed by atoms with Gasteiger partial charge in [0.05, 0.1) is 10.5 Å². The molecule has 9 heteroatoms. The largest absolute Gasteiger partial charge is 0.744 e.